The van der Waals surface area contributed by atoms with Crippen molar-refractivity contribution in [3.63, 3.8) is 0 Å². The van der Waals surface area contributed by atoms with Crippen LogP contribution in [0.3, 0.4) is 0 Å². The third kappa shape index (κ3) is 2.26. The van der Waals surface area contributed by atoms with Crippen molar-refractivity contribution in [3.05, 3.63) is 35.8 Å². The van der Waals surface area contributed by atoms with E-state index in [0.717, 1.165) is 31.4 Å². The van der Waals surface area contributed by atoms with E-state index in [1.807, 2.05) is 17.7 Å². The van der Waals surface area contributed by atoms with E-state index in [2.05, 4.69) is 23.5 Å². The maximum absolute atomic E-state index is 13.9. The minimum absolute atomic E-state index is 0.138. The second kappa shape index (κ2) is 4.94. The molecule has 1 saturated heterocycles. The molecular formula is C15H20FN3. The van der Waals surface area contributed by atoms with E-state index >= 15 is 0 Å². The van der Waals surface area contributed by atoms with Crippen LogP contribution in [-0.2, 0) is 13.5 Å². The van der Waals surface area contributed by atoms with Gasteiger partial charge in [-0.1, -0.05) is 12.1 Å². The van der Waals surface area contributed by atoms with E-state index in [-0.39, 0.29) is 5.82 Å². The highest BCUT2D eigenvalue weighted by Gasteiger charge is 2.21. The molecule has 0 radical (unpaired) electrons. The molecule has 1 aliphatic heterocycles. The van der Waals surface area contributed by atoms with Gasteiger partial charge in [-0.05, 0) is 25.1 Å². The van der Waals surface area contributed by atoms with E-state index < -0.39 is 0 Å². The molecule has 102 valence electrons. The highest BCUT2D eigenvalue weighted by Crippen LogP contribution is 2.25. The summed E-state index contributed by atoms with van der Waals surface area (Å²) in [7, 11) is 4.08. The molecule has 1 atom stereocenters. The zero-order chi connectivity index (χ0) is 13.4. The number of nitrogens with zero attached hydrogens (tertiary/aromatic N) is 2. The zero-order valence-electron chi connectivity index (χ0n) is 11.5. The lowest BCUT2D eigenvalue weighted by Crippen LogP contribution is -2.50. The van der Waals surface area contributed by atoms with Crippen molar-refractivity contribution in [2.45, 2.75) is 12.5 Å². The highest BCUT2D eigenvalue weighted by molar-refractivity contribution is 5.84. The number of aromatic nitrogens is 1. The van der Waals surface area contributed by atoms with Crippen molar-refractivity contribution < 1.29 is 4.39 Å². The summed E-state index contributed by atoms with van der Waals surface area (Å²) in [5, 5.41) is 4.47. The van der Waals surface area contributed by atoms with Crippen LogP contribution in [0.15, 0.2) is 24.4 Å². The average Bonchev–Trinajstić information content (AvgIpc) is 2.71. The number of likely N-dealkylation sites (N-methyl/N-ethyl adjacent to an activating group) is 1. The fourth-order valence-electron chi connectivity index (χ4n) is 3.01. The molecule has 1 N–H and O–H groups in total. The molecule has 3 rings (SSSR count). The van der Waals surface area contributed by atoms with Crippen LogP contribution >= 0.6 is 0 Å². The molecular weight excluding hydrogens is 241 g/mol. The Morgan fingerprint density at radius 1 is 1.37 bits per heavy atom. The Hall–Kier alpha value is -1.39. The Balaban J connectivity index is 1.95. The SMILES string of the molecule is CN1CCNCC1Cc1cn(C)c2c(F)cccc12. The zero-order valence-corrected chi connectivity index (χ0v) is 11.5. The predicted molar refractivity (Wildman–Crippen MR) is 75.9 cm³/mol. The summed E-state index contributed by atoms with van der Waals surface area (Å²) < 4.78 is 15.8. The number of hydrogen-bond acceptors (Lipinski definition) is 2. The molecule has 0 saturated carbocycles. The van der Waals surface area contributed by atoms with Crippen molar-refractivity contribution in [2.75, 3.05) is 26.7 Å². The Morgan fingerprint density at radius 3 is 3.00 bits per heavy atom. The minimum atomic E-state index is -0.138. The van der Waals surface area contributed by atoms with Gasteiger partial charge in [-0.3, -0.25) is 0 Å². The fraction of sp³-hybridized carbons (Fsp3) is 0.467. The van der Waals surface area contributed by atoms with Gasteiger partial charge in [0.2, 0.25) is 0 Å². The molecule has 2 aromatic rings. The molecule has 4 heteroatoms. The first-order valence-electron chi connectivity index (χ1n) is 6.80. The Morgan fingerprint density at radius 2 is 2.21 bits per heavy atom. The van der Waals surface area contributed by atoms with E-state index in [9.17, 15) is 4.39 Å². The van der Waals surface area contributed by atoms with Gasteiger partial charge < -0.3 is 14.8 Å². The topological polar surface area (TPSA) is 20.2 Å². The summed E-state index contributed by atoms with van der Waals surface area (Å²) >= 11 is 0. The van der Waals surface area contributed by atoms with Crippen LogP contribution in [0.1, 0.15) is 5.56 Å². The number of piperazine rings is 1. The molecule has 0 spiro atoms. The van der Waals surface area contributed by atoms with Gasteiger partial charge in [0.25, 0.3) is 0 Å². The number of rotatable bonds is 2. The van der Waals surface area contributed by atoms with E-state index in [4.69, 9.17) is 0 Å². The lowest BCUT2D eigenvalue weighted by atomic mass is 10.0. The van der Waals surface area contributed by atoms with Gasteiger partial charge in [0.05, 0.1) is 5.52 Å². The first kappa shape index (κ1) is 12.6. The van der Waals surface area contributed by atoms with E-state index in [1.165, 1.54) is 11.6 Å². The Bertz CT molecular complexity index is 590. The highest BCUT2D eigenvalue weighted by atomic mass is 19.1. The monoisotopic (exact) mass is 261 g/mol. The number of fused-ring (bicyclic) bond motifs is 1. The molecule has 0 bridgehead atoms. The van der Waals surface area contributed by atoms with Crippen molar-refractivity contribution in [2.24, 2.45) is 7.05 Å². The maximum Gasteiger partial charge on any atom is 0.147 e. The van der Waals surface area contributed by atoms with Crippen LogP contribution in [0.2, 0.25) is 0 Å². The molecule has 1 unspecified atom stereocenters. The van der Waals surface area contributed by atoms with Crippen molar-refractivity contribution in [1.29, 1.82) is 0 Å². The third-order valence-electron chi connectivity index (χ3n) is 4.14. The van der Waals surface area contributed by atoms with Gasteiger partial charge in [-0.15, -0.1) is 0 Å². The molecule has 0 amide bonds. The summed E-state index contributed by atoms with van der Waals surface area (Å²) in [4.78, 5) is 2.38. The molecule has 1 aromatic heterocycles. The molecule has 2 heterocycles. The largest absolute Gasteiger partial charge is 0.348 e. The summed E-state index contributed by atoms with van der Waals surface area (Å²) in [6.07, 6.45) is 3.03. The van der Waals surface area contributed by atoms with Crippen LogP contribution in [0.4, 0.5) is 4.39 Å². The molecule has 0 aliphatic carbocycles. The van der Waals surface area contributed by atoms with Crippen molar-refractivity contribution in [3.8, 4) is 0 Å². The standard InChI is InChI=1S/C15H20FN3/c1-18-7-6-17-9-12(18)8-11-10-19(2)15-13(11)4-3-5-14(15)16/h3-5,10,12,17H,6-9H2,1-2H3. The van der Waals surface area contributed by atoms with Crippen molar-refractivity contribution >= 4 is 10.9 Å². The number of halogens is 1. The van der Waals surface area contributed by atoms with Gasteiger partial charge in [-0.25, -0.2) is 4.39 Å². The molecule has 1 aliphatic rings. The quantitative estimate of drug-likeness (QED) is 0.889. The Labute approximate surface area is 113 Å². The average molecular weight is 261 g/mol. The lowest BCUT2D eigenvalue weighted by Gasteiger charge is -2.33. The molecule has 1 fully saturated rings. The fourth-order valence-corrected chi connectivity index (χ4v) is 3.01. The van der Waals surface area contributed by atoms with Crippen LogP contribution < -0.4 is 5.32 Å². The van der Waals surface area contributed by atoms with E-state index in [1.54, 1.807) is 6.07 Å². The van der Waals surface area contributed by atoms with Crippen LogP contribution in [0.25, 0.3) is 10.9 Å². The van der Waals surface area contributed by atoms with Gasteiger partial charge in [0.15, 0.2) is 0 Å². The maximum atomic E-state index is 13.9. The number of para-hydroxylation sites is 1. The summed E-state index contributed by atoms with van der Waals surface area (Å²) in [5.74, 6) is -0.138. The normalized spacial score (nSPS) is 21.1. The second-order valence-corrected chi connectivity index (χ2v) is 5.44. The predicted octanol–water partition coefficient (Wildman–Crippen LogP) is 1.76. The number of benzene rings is 1. The van der Waals surface area contributed by atoms with Crippen LogP contribution in [-0.4, -0.2) is 42.2 Å². The number of aryl methyl sites for hydroxylation is 1. The van der Waals surface area contributed by atoms with Gasteiger partial charge >= 0.3 is 0 Å². The Kier molecular flexibility index (Phi) is 3.29. The third-order valence-corrected chi connectivity index (χ3v) is 4.14. The lowest BCUT2D eigenvalue weighted by molar-refractivity contribution is 0.199. The van der Waals surface area contributed by atoms with Crippen LogP contribution in [0, 0.1) is 5.82 Å². The van der Waals surface area contributed by atoms with Crippen molar-refractivity contribution in [1.82, 2.24) is 14.8 Å². The molecule has 1 aromatic carbocycles. The number of nitrogens with one attached hydrogen (secondary N) is 1. The van der Waals surface area contributed by atoms with Gasteiger partial charge in [0, 0.05) is 44.3 Å². The van der Waals surface area contributed by atoms with Gasteiger partial charge in [0.1, 0.15) is 5.82 Å². The van der Waals surface area contributed by atoms with Crippen LogP contribution in [0.5, 0.6) is 0 Å². The van der Waals surface area contributed by atoms with E-state index in [0.29, 0.717) is 11.6 Å². The van der Waals surface area contributed by atoms with Gasteiger partial charge in [-0.2, -0.15) is 0 Å². The summed E-state index contributed by atoms with van der Waals surface area (Å²) in [6.45, 7) is 3.13. The first-order chi connectivity index (χ1) is 9.16. The summed E-state index contributed by atoms with van der Waals surface area (Å²) in [6, 6.07) is 5.83. The molecule has 19 heavy (non-hydrogen) atoms. The smallest absolute Gasteiger partial charge is 0.147 e. The molecule has 3 nitrogen and oxygen atoms in total. The summed E-state index contributed by atoms with van der Waals surface area (Å²) in [5.41, 5.74) is 1.95. The second-order valence-electron chi connectivity index (χ2n) is 5.44. The minimum Gasteiger partial charge on any atom is -0.348 e. The first-order valence-corrected chi connectivity index (χ1v) is 6.80. The number of hydrogen-bond donors (Lipinski definition) is 1.